The van der Waals surface area contributed by atoms with Crippen LogP contribution in [0.3, 0.4) is 0 Å². The summed E-state index contributed by atoms with van der Waals surface area (Å²) in [6.45, 7) is 0. The molecule has 0 amide bonds. The summed E-state index contributed by atoms with van der Waals surface area (Å²) in [5, 5.41) is 5.90. The SMILES string of the molecule is CN(C)c1ccc(C2=C(c3ccc(S(N)(=O)=O)cc3)CCC2)cc1Cl. The second kappa shape index (κ2) is 6.83. The van der Waals surface area contributed by atoms with Crippen molar-refractivity contribution in [3.63, 3.8) is 0 Å². The lowest BCUT2D eigenvalue weighted by atomic mass is 9.97. The number of primary sulfonamides is 1. The van der Waals surface area contributed by atoms with Crippen molar-refractivity contribution >= 4 is 38.5 Å². The van der Waals surface area contributed by atoms with Gasteiger partial charge in [-0.3, -0.25) is 0 Å². The number of rotatable bonds is 4. The molecule has 0 aliphatic heterocycles. The Morgan fingerprint density at radius 2 is 1.52 bits per heavy atom. The van der Waals surface area contributed by atoms with Gasteiger partial charge in [0.1, 0.15) is 0 Å². The molecule has 3 rings (SSSR count). The molecule has 0 heterocycles. The molecule has 2 aromatic rings. The zero-order valence-electron chi connectivity index (χ0n) is 14.3. The Bertz CT molecular complexity index is 932. The van der Waals surface area contributed by atoms with Gasteiger partial charge in [0.2, 0.25) is 10.0 Å². The summed E-state index contributed by atoms with van der Waals surface area (Å²) >= 11 is 6.42. The van der Waals surface area contributed by atoms with Crippen LogP contribution in [0.2, 0.25) is 5.02 Å². The standard InChI is InChI=1S/C19H21ClN2O2S/c1-22(2)19-11-8-14(12-18(19)20)17-5-3-4-16(17)13-6-9-15(10-7-13)25(21,23)24/h6-12H,3-5H2,1-2H3,(H2,21,23,24). The lowest BCUT2D eigenvalue weighted by Gasteiger charge is -2.16. The van der Waals surface area contributed by atoms with E-state index in [1.807, 2.05) is 43.3 Å². The highest BCUT2D eigenvalue weighted by Crippen LogP contribution is 2.41. The molecule has 0 spiro atoms. The van der Waals surface area contributed by atoms with Crippen LogP contribution in [0.25, 0.3) is 11.1 Å². The van der Waals surface area contributed by atoms with Crippen LogP contribution in [0.4, 0.5) is 5.69 Å². The summed E-state index contributed by atoms with van der Waals surface area (Å²) in [6, 6.07) is 12.9. The van der Waals surface area contributed by atoms with Crippen LogP contribution in [0, 0.1) is 0 Å². The van der Waals surface area contributed by atoms with Gasteiger partial charge in [-0.1, -0.05) is 29.8 Å². The van der Waals surface area contributed by atoms with Crippen molar-refractivity contribution in [1.29, 1.82) is 0 Å². The van der Waals surface area contributed by atoms with Crippen molar-refractivity contribution in [1.82, 2.24) is 0 Å². The van der Waals surface area contributed by atoms with Gasteiger partial charge in [-0.25, -0.2) is 13.6 Å². The van der Waals surface area contributed by atoms with Crippen LogP contribution < -0.4 is 10.0 Å². The van der Waals surface area contributed by atoms with Crippen LogP contribution >= 0.6 is 11.6 Å². The molecule has 25 heavy (non-hydrogen) atoms. The maximum Gasteiger partial charge on any atom is 0.238 e. The lowest BCUT2D eigenvalue weighted by Crippen LogP contribution is -2.11. The number of hydrogen-bond acceptors (Lipinski definition) is 3. The molecule has 0 aromatic heterocycles. The highest BCUT2D eigenvalue weighted by atomic mass is 35.5. The number of halogens is 1. The van der Waals surface area contributed by atoms with Gasteiger partial charge in [-0.05, 0) is 65.8 Å². The molecule has 6 heteroatoms. The first kappa shape index (κ1) is 18.0. The van der Waals surface area contributed by atoms with E-state index in [0.717, 1.165) is 41.1 Å². The Labute approximate surface area is 154 Å². The first-order valence-electron chi connectivity index (χ1n) is 8.10. The Balaban J connectivity index is 2.02. The van der Waals surface area contributed by atoms with Gasteiger partial charge in [0.15, 0.2) is 0 Å². The molecule has 0 bridgehead atoms. The molecule has 0 fully saturated rings. The summed E-state index contributed by atoms with van der Waals surface area (Å²) in [7, 11) is 0.267. The van der Waals surface area contributed by atoms with E-state index in [-0.39, 0.29) is 4.90 Å². The fraction of sp³-hybridized carbons (Fsp3) is 0.263. The van der Waals surface area contributed by atoms with Crippen LogP contribution in [0.1, 0.15) is 30.4 Å². The minimum absolute atomic E-state index is 0.134. The number of nitrogens with zero attached hydrogens (tertiary/aromatic N) is 1. The summed E-state index contributed by atoms with van der Waals surface area (Å²) in [5.41, 5.74) is 5.67. The predicted octanol–water partition coefficient (Wildman–Crippen LogP) is 4.15. The Kier molecular flexibility index (Phi) is 4.91. The monoisotopic (exact) mass is 376 g/mol. The molecule has 0 radical (unpaired) electrons. The number of benzene rings is 2. The van der Waals surface area contributed by atoms with Crippen LogP contribution in [-0.4, -0.2) is 22.5 Å². The second-order valence-corrected chi connectivity index (χ2v) is 8.41. The van der Waals surface area contributed by atoms with E-state index in [1.54, 1.807) is 12.1 Å². The summed E-state index contributed by atoms with van der Waals surface area (Å²) in [5.74, 6) is 0. The van der Waals surface area contributed by atoms with Gasteiger partial charge in [-0.15, -0.1) is 0 Å². The van der Waals surface area contributed by atoms with E-state index in [9.17, 15) is 8.42 Å². The Morgan fingerprint density at radius 1 is 0.960 bits per heavy atom. The van der Waals surface area contributed by atoms with Crippen molar-refractivity contribution in [2.75, 3.05) is 19.0 Å². The molecular weight excluding hydrogens is 356 g/mol. The maximum absolute atomic E-state index is 11.4. The van der Waals surface area contributed by atoms with Crippen LogP contribution in [0.15, 0.2) is 47.4 Å². The topological polar surface area (TPSA) is 63.4 Å². The lowest BCUT2D eigenvalue weighted by molar-refractivity contribution is 0.598. The molecule has 0 saturated heterocycles. The quantitative estimate of drug-likeness (QED) is 0.871. The fourth-order valence-electron chi connectivity index (χ4n) is 3.28. The smallest absolute Gasteiger partial charge is 0.238 e. The van der Waals surface area contributed by atoms with Crippen molar-refractivity contribution < 1.29 is 8.42 Å². The number of sulfonamides is 1. The van der Waals surface area contributed by atoms with Gasteiger partial charge in [0.25, 0.3) is 0 Å². The normalized spacial score (nSPS) is 14.9. The Hall–Kier alpha value is -1.82. The van der Waals surface area contributed by atoms with E-state index >= 15 is 0 Å². The number of nitrogens with two attached hydrogens (primary N) is 1. The highest BCUT2D eigenvalue weighted by molar-refractivity contribution is 7.89. The third-order valence-electron chi connectivity index (χ3n) is 4.53. The highest BCUT2D eigenvalue weighted by Gasteiger charge is 2.19. The molecule has 2 N–H and O–H groups in total. The van der Waals surface area contributed by atoms with Crippen molar-refractivity contribution in [2.24, 2.45) is 5.14 Å². The van der Waals surface area contributed by atoms with Crippen molar-refractivity contribution in [3.8, 4) is 0 Å². The third kappa shape index (κ3) is 3.73. The minimum atomic E-state index is -3.67. The van der Waals surface area contributed by atoms with Crippen LogP contribution in [0.5, 0.6) is 0 Å². The van der Waals surface area contributed by atoms with Gasteiger partial charge in [-0.2, -0.15) is 0 Å². The molecular formula is C19H21ClN2O2S. The van der Waals surface area contributed by atoms with Gasteiger partial charge < -0.3 is 4.90 Å². The zero-order valence-corrected chi connectivity index (χ0v) is 15.9. The summed E-state index contributed by atoms with van der Waals surface area (Å²) in [4.78, 5) is 2.12. The van der Waals surface area contributed by atoms with Gasteiger partial charge in [0.05, 0.1) is 15.6 Å². The molecule has 0 unspecified atom stereocenters. The average molecular weight is 377 g/mol. The number of hydrogen-bond donors (Lipinski definition) is 1. The van der Waals surface area contributed by atoms with E-state index in [1.165, 1.54) is 11.1 Å². The molecule has 132 valence electrons. The number of anilines is 1. The molecule has 4 nitrogen and oxygen atoms in total. The predicted molar refractivity (Wildman–Crippen MR) is 104 cm³/mol. The largest absolute Gasteiger partial charge is 0.376 e. The maximum atomic E-state index is 11.4. The summed E-state index contributed by atoms with van der Waals surface area (Å²) < 4.78 is 22.8. The molecule has 1 aliphatic carbocycles. The molecule has 1 aliphatic rings. The zero-order chi connectivity index (χ0) is 18.2. The van der Waals surface area contributed by atoms with Crippen molar-refractivity contribution in [3.05, 3.63) is 58.6 Å². The third-order valence-corrected chi connectivity index (χ3v) is 5.76. The Morgan fingerprint density at radius 3 is 2.04 bits per heavy atom. The average Bonchev–Trinajstić information content (AvgIpc) is 3.03. The van der Waals surface area contributed by atoms with E-state index in [2.05, 4.69) is 6.07 Å². The van der Waals surface area contributed by atoms with E-state index < -0.39 is 10.0 Å². The second-order valence-electron chi connectivity index (χ2n) is 6.44. The fourth-order valence-corrected chi connectivity index (χ4v) is 4.15. The first-order chi connectivity index (χ1) is 11.8. The molecule has 0 atom stereocenters. The molecule has 0 saturated carbocycles. The first-order valence-corrected chi connectivity index (χ1v) is 10.0. The van der Waals surface area contributed by atoms with Crippen molar-refractivity contribution in [2.45, 2.75) is 24.2 Å². The summed E-state index contributed by atoms with van der Waals surface area (Å²) in [6.07, 6.45) is 3.04. The van der Waals surface area contributed by atoms with Gasteiger partial charge >= 0.3 is 0 Å². The molecule has 2 aromatic carbocycles. The van der Waals surface area contributed by atoms with Gasteiger partial charge in [0, 0.05) is 14.1 Å². The minimum Gasteiger partial charge on any atom is -0.376 e. The van der Waals surface area contributed by atoms with Crippen LogP contribution in [-0.2, 0) is 10.0 Å². The van der Waals surface area contributed by atoms with E-state index in [0.29, 0.717) is 0 Å². The number of allylic oxidation sites excluding steroid dienone is 2. The van der Waals surface area contributed by atoms with E-state index in [4.69, 9.17) is 16.7 Å².